The van der Waals surface area contributed by atoms with E-state index in [1.54, 1.807) is 31.2 Å². The smallest absolute Gasteiger partial charge is 0.251 e. The molecule has 6 nitrogen and oxygen atoms in total. The van der Waals surface area contributed by atoms with Crippen molar-refractivity contribution in [3.8, 4) is 0 Å². The molecule has 0 unspecified atom stereocenters. The van der Waals surface area contributed by atoms with E-state index < -0.39 is 15.9 Å². The van der Waals surface area contributed by atoms with Crippen LogP contribution in [-0.2, 0) is 16.4 Å². The summed E-state index contributed by atoms with van der Waals surface area (Å²) in [5.41, 5.74) is 3.96. The Bertz CT molecular complexity index is 1200. The highest BCUT2D eigenvalue weighted by atomic mass is 32.2. The zero-order valence-electron chi connectivity index (χ0n) is 23.3. The van der Waals surface area contributed by atoms with E-state index in [1.165, 1.54) is 36.8 Å². The zero-order valence-corrected chi connectivity index (χ0v) is 24.1. The molecule has 1 aliphatic carbocycles. The van der Waals surface area contributed by atoms with Crippen molar-refractivity contribution in [2.24, 2.45) is 17.8 Å². The average molecular weight is 541 g/mol. The molecule has 208 valence electrons. The molecule has 1 fully saturated rings. The minimum Gasteiger partial charge on any atom is -0.396 e. The van der Waals surface area contributed by atoms with Gasteiger partial charge in [0.25, 0.3) is 5.91 Å². The first-order valence-corrected chi connectivity index (χ1v) is 15.9. The Morgan fingerprint density at radius 2 is 1.76 bits per heavy atom. The van der Waals surface area contributed by atoms with Crippen LogP contribution in [0.4, 0.5) is 0 Å². The number of fused-ring (bicyclic) bond motifs is 1. The van der Waals surface area contributed by atoms with Crippen molar-refractivity contribution in [3.63, 3.8) is 0 Å². The number of aliphatic hydroxyl groups excluding tert-OH is 1. The van der Waals surface area contributed by atoms with Crippen LogP contribution in [0.5, 0.6) is 0 Å². The van der Waals surface area contributed by atoms with Gasteiger partial charge >= 0.3 is 0 Å². The molecule has 2 atom stereocenters. The Hall–Kier alpha value is -2.22. The Balaban J connectivity index is 1.48. The van der Waals surface area contributed by atoms with Crippen LogP contribution in [0.3, 0.4) is 0 Å². The molecule has 2 aromatic rings. The van der Waals surface area contributed by atoms with Gasteiger partial charge in [0, 0.05) is 31.3 Å². The molecule has 1 amide bonds. The first-order valence-electron chi connectivity index (χ1n) is 14.2. The van der Waals surface area contributed by atoms with E-state index in [0.29, 0.717) is 23.9 Å². The van der Waals surface area contributed by atoms with Gasteiger partial charge in [0.1, 0.15) is 0 Å². The second-order valence-corrected chi connectivity index (χ2v) is 13.9. The lowest BCUT2D eigenvalue weighted by Crippen LogP contribution is -2.32. The number of nitrogens with zero attached hydrogens (tertiary/aromatic N) is 1. The first kappa shape index (κ1) is 28.8. The molecule has 38 heavy (non-hydrogen) atoms. The lowest BCUT2D eigenvalue weighted by atomic mass is 9.82. The molecule has 0 spiro atoms. The highest BCUT2D eigenvalue weighted by Gasteiger charge is 2.34. The lowest BCUT2D eigenvalue weighted by Gasteiger charge is -2.34. The molecule has 4 rings (SSSR count). The number of hydrogen-bond donors (Lipinski definition) is 2. The third kappa shape index (κ3) is 6.49. The molecule has 0 bridgehead atoms. The largest absolute Gasteiger partial charge is 0.396 e. The SMILES string of the molecule is CCS(=O)(=O)c1ccc([C@H](CCO)NC(=O)c2ccc3c(c2)CN(C[C@H]2CC[C@H](C)CC2)[C@@H]3C(C)C)cc1. The summed E-state index contributed by atoms with van der Waals surface area (Å²) < 4.78 is 24.3. The number of benzene rings is 2. The predicted molar refractivity (Wildman–Crippen MR) is 152 cm³/mol. The van der Waals surface area contributed by atoms with Crippen LogP contribution in [0.1, 0.15) is 98.9 Å². The lowest BCUT2D eigenvalue weighted by molar-refractivity contribution is 0.0929. The normalized spacial score (nSPS) is 22.8. The average Bonchev–Trinajstić information content (AvgIpc) is 3.27. The molecule has 0 radical (unpaired) electrons. The van der Waals surface area contributed by atoms with E-state index in [1.807, 2.05) is 12.1 Å². The van der Waals surface area contributed by atoms with Gasteiger partial charge in [-0.25, -0.2) is 8.42 Å². The zero-order chi connectivity index (χ0) is 27.4. The van der Waals surface area contributed by atoms with Crippen molar-refractivity contribution >= 4 is 15.7 Å². The number of carbonyl (C=O) groups excluding carboxylic acids is 1. The van der Waals surface area contributed by atoms with Crippen molar-refractivity contribution in [2.75, 3.05) is 18.9 Å². The molecule has 2 aromatic carbocycles. The Labute approximate surface area is 228 Å². The van der Waals surface area contributed by atoms with E-state index in [9.17, 15) is 18.3 Å². The van der Waals surface area contributed by atoms with Crippen LogP contribution in [0.15, 0.2) is 47.4 Å². The quantitative estimate of drug-likeness (QED) is 0.405. The maximum atomic E-state index is 13.3. The fourth-order valence-electron chi connectivity index (χ4n) is 6.26. The van der Waals surface area contributed by atoms with Crippen molar-refractivity contribution in [1.29, 1.82) is 0 Å². The third-order valence-electron chi connectivity index (χ3n) is 8.49. The highest BCUT2D eigenvalue weighted by Crippen LogP contribution is 2.41. The van der Waals surface area contributed by atoms with Crippen LogP contribution >= 0.6 is 0 Å². The monoisotopic (exact) mass is 540 g/mol. The van der Waals surface area contributed by atoms with Crippen molar-refractivity contribution in [3.05, 3.63) is 64.7 Å². The number of carbonyl (C=O) groups is 1. The van der Waals surface area contributed by atoms with Crippen LogP contribution in [0.25, 0.3) is 0 Å². The van der Waals surface area contributed by atoms with Crippen molar-refractivity contribution < 1.29 is 18.3 Å². The van der Waals surface area contributed by atoms with Gasteiger partial charge in [-0.05, 0) is 78.0 Å². The predicted octanol–water partition coefficient (Wildman–Crippen LogP) is 5.67. The van der Waals surface area contributed by atoms with E-state index >= 15 is 0 Å². The van der Waals surface area contributed by atoms with E-state index in [2.05, 4.69) is 37.1 Å². The summed E-state index contributed by atoms with van der Waals surface area (Å²) in [7, 11) is -3.29. The molecule has 1 heterocycles. The maximum absolute atomic E-state index is 13.3. The summed E-state index contributed by atoms with van der Waals surface area (Å²) in [6, 6.07) is 12.7. The van der Waals surface area contributed by atoms with E-state index in [4.69, 9.17) is 0 Å². The van der Waals surface area contributed by atoms with Gasteiger partial charge in [0.05, 0.1) is 16.7 Å². The summed E-state index contributed by atoms with van der Waals surface area (Å²) in [6.45, 7) is 10.5. The van der Waals surface area contributed by atoms with Gasteiger partial charge in [-0.1, -0.05) is 58.7 Å². The summed E-state index contributed by atoms with van der Waals surface area (Å²) in [5.74, 6) is 1.95. The highest BCUT2D eigenvalue weighted by molar-refractivity contribution is 7.91. The molecular weight excluding hydrogens is 496 g/mol. The number of sulfone groups is 1. The molecule has 0 aromatic heterocycles. The second-order valence-electron chi connectivity index (χ2n) is 11.7. The summed E-state index contributed by atoms with van der Waals surface area (Å²) in [4.78, 5) is 16.2. The fourth-order valence-corrected chi connectivity index (χ4v) is 7.14. The fraction of sp³-hybridized carbons (Fsp3) is 0.581. The van der Waals surface area contributed by atoms with Gasteiger partial charge in [-0.3, -0.25) is 9.69 Å². The minimum atomic E-state index is -3.29. The maximum Gasteiger partial charge on any atom is 0.251 e. The van der Waals surface area contributed by atoms with Crippen molar-refractivity contribution in [2.45, 2.75) is 83.3 Å². The molecular formula is C31H44N2O4S. The van der Waals surface area contributed by atoms with Crippen molar-refractivity contribution in [1.82, 2.24) is 10.2 Å². The molecule has 2 aliphatic rings. The standard InChI is InChI=1S/C31H44N2O4S/c1-5-38(36,37)27-13-10-24(11-14-27)29(16-17-34)32-31(35)25-12-15-28-26(18-25)20-33(30(28)21(2)3)19-23-8-6-22(4)7-9-23/h10-15,18,21-23,29-30,34H,5-9,16-17,19-20H2,1-4H3,(H,32,35)/t22-,23-,29-,30+/m0/s1. The minimum absolute atomic E-state index is 0.0381. The van der Waals surface area contributed by atoms with E-state index in [-0.39, 0.29) is 23.2 Å². The van der Waals surface area contributed by atoms with Gasteiger partial charge in [0.2, 0.25) is 0 Å². The topological polar surface area (TPSA) is 86.7 Å². The van der Waals surface area contributed by atoms with Crippen LogP contribution in [0, 0.1) is 17.8 Å². The van der Waals surface area contributed by atoms with Crippen LogP contribution < -0.4 is 5.32 Å². The van der Waals surface area contributed by atoms with Gasteiger partial charge in [0.15, 0.2) is 9.84 Å². The van der Waals surface area contributed by atoms with Crippen LogP contribution in [-0.4, -0.2) is 43.2 Å². The molecule has 2 N–H and O–H groups in total. The Morgan fingerprint density at radius 3 is 2.37 bits per heavy atom. The number of nitrogens with one attached hydrogen (secondary N) is 1. The molecule has 1 saturated carbocycles. The summed E-state index contributed by atoms with van der Waals surface area (Å²) in [6.07, 6.45) is 5.62. The number of rotatable bonds is 10. The molecule has 1 aliphatic heterocycles. The van der Waals surface area contributed by atoms with E-state index in [0.717, 1.165) is 30.5 Å². The number of hydrogen-bond acceptors (Lipinski definition) is 5. The second kappa shape index (κ2) is 12.3. The Kier molecular flexibility index (Phi) is 9.32. The van der Waals surface area contributed by atoms with Gasteiger partial charge < -0.3 is 10.4 Å². The molecule has 7 heteroatoms. The number of aliphatic hydroxyl groups is 1. The Morgan fingerprint density at radius 1 is 1.08 bits per heavy atom. The molecule has 0 saturated heterocycles. The summed E-state index contributed by atoms with van der Waals surface area (Å²) in [5, 5.41) is 12.7. The van der Waals surface area contributed by atoms with Gasteiger partial charge in [-0.15, -0.1) is 0 Å². The first-order chi connectivity index (χ1) is 18.1. The third-order valence-corrected chi connectivity index (χ3v) is 10.2. The van der Waals surface area contributed by atoms with Crippen LogP contribution in [0.2, 0.25) is 0 Å². The summed E-state index contributed by atoms with van der Waals surface area (Å²) >= 11 is 0. The number of amides is 1. The van der Waals surface area contributed by atoms with Gasteiger partial charge in [-0.2, -0.15) is 0 Å².